The van der Waals surface area contributed by atoms with Gasteiger partial charge in [0, 0.05) is 27.1 Å². The molecule has 20 heavy (non-hydrogen) atoms. The molecular formula is C15H18N2O3. The van der Waals surface area contributed by atoms with Crippen molar-refractivity contribution < 1.29 is 14.4 Å². The Bertz CT molecular complexity index is 605. The number of aryl methyl sites for hydroxylation is 2. The molecule has 0 aliphatic carbocycles. The summed E-state index contributed by atoms with van der Waals surface area (Å²) < 4.78 is 0. The van der Waals surface area contributed by atoms with Gasteiger partial charge in [-0.15, -0.1) is 0 Å². The average molecular weight is 274 g/mol. The summed E-state index contributed by atoms with van der Waals surface area (Å²) in [6.45, 7) is 3.92. The number of rotatable bonds is 3. The molecule has 0 bridgehead atoms. The second-order valence-corrected chi connectivity index (χ2v) is 5.25. The number of carbonyl (C=O) groups is 3. The maximum Gasteiger partial charge on any atom is 0.299 e. The van der Waals surface area contributed by atoms with Crippen LogP contribution in [0.3, 0.4) is 0 Å². The first-order valence-corrected chi connectivity index (χ1v) is 6.51. The zero-order chi connectivity index (χ0) is 15.0. The van der Waals surface area contributed by atoms with Gasteiger partial charge in [-0.25, -0.2) is 0 Å². The third-order valence-electron chi connectivity index (χ3n) is 3.57. The van der Waals surface area contributed by atoms with E-state index < -0.39 is 11.7 Å². The van der Waals surface area contributed by atoms with Gasteiger partial charge in [0.1, 0.15) is 0 Å². The Balaban J connectivity index is 2.34. The van der Waals surface area contributed by atoms with Gasteiger partial charge >= 0.3 is 0 Å². The van der Waals surface area contributed by atoms with Crippen LogP contribution >= 0.6 is 0 Å². The number of hydrogen-bond acceptors (Lipinski definition) is 3. The molecule has 0 N–H and O–H groups in total. The van der Waals surface area contributed by atoms with Crippen LogP contribution in [0.25, 0.3) is 0 Å². The van der Waals surface area contributed by atoms with Crippen molar-refractivity contribution >= 4 is 23.3 Å². The lowest BCUT2D eigenvalue weighted by atomic mass is 10.0. The third kappa shape index (κ3) is 2.19. The number of benzene rings is 1. The molecule has 1 aromatic carbocycles. The van der Waals surface area contributed by atoms with Crippen molar-refractivity contribution in [1.82, 2.24) is 4.90 Å². The fraction of sp³-hybridized carbons (Fsp3) is 0.400. The molecule has 0 fully saturated rings. The maximum atomic E-state index is 12.1. The van der Waals surface area contributed by atoms with Gasteiger partial charge in [0.05, 0.1) is 11.3 Å². The summed E-state index contributed by atoms with van der Waals surface area (Å²) in [4.78, 5) is 38.7. The molecule has 0 aromatic heterocycles. The van der Waals surface area contributed by atoms with Gasteiger partial charge in [-0.3, -0.25) is 14.4 Å². The first kappa shape index (κ1) is 14.2. The van der Waals surface area contributed by atoms with Gasteiger partial charge in [0.25, 0.3) is 11.7 Å². The van der Waals surface area contributed by atoms with Gasteiger partial charge in [0.2, 0.25) is 5.91 Å². The molecule has 0 spiro atoms. The summed E-state index contributed by atoms with van der Waals surface area (Å²) in [5.74, 6) is -1.08. The van der Waals surface area contributed by atoms with Crippen LogP contribution < -0.4 is 4.90 Å². The molecule has 0 atom stereocenters. The van der Waals surface area contributed by atoms with E-state index in [1.54, 1.807) is 14.1 Å². The van der Waals surface area contributed by atoms with Gasteiger partial charge in [0.15, 0.2) is 0 Å². The van der Waals surface area contributed by atoms with Crippen LogP contribution in [0.1, 0.15) is 27.9 Å². The third-order valence-corrected chi connectivity index (χ3v) is 3.57. The van der Waals surface area contributed by atoms with E-state index in [1.807, 2.05) is 26.0 Å². The lowest BCUT2D eigenvalue weighted by molar-refractivity contribution is -0.128. The van der Waals surface area contributed by atoms with Crippen molar-refractivity contribution in [2.45, 2.75) is 20.3 Å². The first-order chi connectivity index (χ1) is 9.34. The van der Waals surface area contributed by atoms with E-state index in [1.165, 1.54) is 9.80 Å². The molecule has 0 radical (unpaired) electrons. The summed E-state index contributed by atoms with van der Waals surface area (Å²) in [7, 11) is 3.34. The standard InChI is InChI=1S/C15H18N2O3/c1-9-5-6-10(2)13-12(9)14(19)15(20)17(13)8-7-11(18)16(3)4/h5-6H,7-8H2,1-4H3. The lowest BCUT2D eigenvalue weighted by Crippen LogP contribution is -2.34. The monoisotopic (exact) mass is 274 g/mol. The van der Waals surface area contributed by atoms with E-state index in [0.29, 0.717) is 11.3 Å². The molecule has 2 rings (SSSR count). The predicted octanol–water partition coefficient (Wildman–Crippen LogP) is 1.31. The topological polar surface area (TPSA) is 57.7 Å². The number of fused-ring (bicyclic) bond motifs is 1. The zero-order valence-corrected chi connectivity index (χ0v) is 12.2. The number of nitrogens with zero attached hydrogens (tertiary/aromatic N) is 2. The SMILES string of the molecule is Cc1ccc(C)c2c1C(=O)C(=O)N2CCC(=O)N(C)C. The average Bonchev–Trinajstić information content (AvgIpc) is 2.65. The maximum absolute atomic E-state index is 12.1. The summed E-state index contributed by atoms with van der Waals surface area (Å²) in [5, 5.41) is 0. The number of anilines is 1. The minimum Gasteiger partial charge on any atom is -0.349 e. The first-order valence-electron chi connectivity index (χ1n) is 6.51. The van der Waals surface area contributed by atoms with Crippen molar-refractivity contribution in [3.05, 3.63) is 28.8 Å². The van der Waals surface area contributed by atoms with Gasteiger partial charge in [-0.1, -0.05) is 12.1 Å². The summed E-state index contributed by atoms with van der Waals surface area (Å²) in [6, 6.07) is 3.73. The molecule has 0 saturated heterocycles. The summed E-state index contributed by atoms with van der Waals surface area (Å²) >= 11 is 0. The van der Waals surface area contributed by atoms with E-state index in [2.05, 4.69) is 0 Å². The van der Waals surface area contributed by atoms with Crippen LogP contribution in [0.15, 0.2) is 12.1 Å². The Kier molecular flexibility index (Phi) is 3.61. The van der Waals surface area contributed by atoms with Crippen LogP contribution in [0.5, 0.6) is 0 Å². The van der Waals surface area contributed by atoms with Crippen molar-refractivity contribution in [1.29, 1.82) is 0 Å². The van der Waals surface area contributed by atoms with Gasteiger partial charge < -0.3 is 9.80 Å². The Morgan fingerprint density at radius 3 is 2.35 bits per heavy atom. The number of carbonyl (C=O) groups excluding carboxylic acids is 3. The van der Waals surface area contributed by atoms with E-state index in [0.717, 1.165) is 11.1 Å². The fourth-order valence-electron chi connectivity index (χ4n) is 2.41. The smallest absolute Gasteiger partial charge is 0.299 e. The second kappa shape index (κ2) is 5.07. The van der Waals surface area contributed by atoms with E-state index in [9.17, 15) is 14.4 Å². The number of ketones is 1. The van der Waals surface area contributed by atoms with Crippen molar-refractivity contribution in [2.75, 3.05) is 25.5 Å². The molecule has 1 heterocycles. The van der Waals surface area contributed by atoms with Crippen molar-refractivity contribution in [2.24, 2.45) is 0 Å². The Labute approximate surface area is 118 Å². The molecule has 5 heteroatoms. The Hall–Kier alpha value is -2.17. The molecule has 5 nitrogen and oxygen atoms in total. The lowest BCUT2D eigenvalue weighted by Gasteiger charge is -2.19. The molecule has 1 aliphatic heterocycles. The highest BCUT2D eigenvalue weighted by Gasteiger charge is 2.38. The normalized spacial score (nSPS) is 13.7. The van der Waals surface area contributed by atoms with Crippen LogP contribution in [-0.4, -0.2) is 43.1 Å². The highest BCUT2D eigenvalue weighted by Crippen LogP contribution is 2.34. The number of hydrogen-bond donors (Lipinski definition) is 0. The van der Waals surface area contributed by atoms with Crippen LogP contribution in [0, 0.1) is 13.8 Å². The van der Waals surface area contributed by atoms with E-state index >= 15 is 0 Å². The minimum atomic E-state index is -0.538. The van der Waals surface area contributed by atoms with Gasteiger partial charge in [-0.05, 0) is 25.0 Å². The highest BCUT2D eigenvalue weighted by molar-refractivity contribution is 6.52. The number of amides is 2. The Morgan fingerprint density at radius 2 is 1.75 bits per heavy atom. The molecule has 0 saturated carbocycles. The molecule has 1 aromatic rings. The van der Waals surface area contributed by atoms with E-state index in [-0.39, 0.29) is 18.9 Å². The molecule has 0 unspecified atom stereocenters. The van der Waals surface area contributed by atoms with Crippen LogP contribution in [0.4, 0.5) is 5.69 Å². The summed E-state index contributed by atoms with van der Waals surface area (Å²) in [5.41, 5.74) is 2.81. The minimum absolute atomic E-state index is 0.0657. The fourth-order valence-corrected chi connectivity index (χ4v) is 2.41. The zero-order valence-electron chi connectivity index (χ0n) is 12.2. The van der Waals surface area contributed by atoms with Crippen LogP contribution in [-0.2, 0) is 9.59 Å². The molecular weight excluding hydrogens is 256 g/mol. The quantitative estimate of drug-likeness (QED) is 0.781. The van der Waals surface area contributed by atoms with E-state index in [4.69, 9.17) is 0 Å². The predicted molar refractivity (Wildman–Crippen MR) is 75.9 cm³/mol. The van der Waals surface area contributed by atoms with Gasteiger partial charge in [-0.2, -0.15) is 0 Å². The molecule has 1 aliphatic rings. The summed E-state index contributed by atoms with van der Waals surface area (Å²) in [6.07, 6.45) is 0.207. The molecule has 2 amide bonds. The van der Waals surface area contributed by atoms with Crippen molar-refractivity contribution in [3.63, 3.8) is 0 Å². The largest absolute Gasteiger partial charge is 0.349 e. The molecule has 106 valence electrons. The number of Topliss-reactive ketones (excluding diaryl/α,β-unsaturated/α-hetero) is 1. The highest BCUT2D eigenvalue weighted by atomic mass is 16.2. The van der Waals surface area contributed by atoms with Crippen molar-refractivity contribution in [3.8, 4) is 0 Å². The second-order valence-electron chi connectivity index (χ2n) is 5.25. The van der Waals surface area contributed by atoms with Crippen LogP contribution in [0.2, 0.25) is 0 Å². The Morgan fingerprint density at radius 1 is 1.15 bits per heavy atom.